The van der Waals surface area contributed by atoms with E-state index in [1.165, 1.54) is 27.7 Å². The first-order valence-electron chi connectivity index (χ1n) is 13.8. The Labute approximate surface area is 260 Å². The first kappa shape index (κ1) is 31.9. The second kappa shape index (κ2) is 11.1. The van der Waals surface area contributed by atoms with Crippen molar-refractivity contribution in [3.63, 3.8) is 0 Å². The molecule has 244 valence electrons. The zero-order chi connectivity index (χ0) is 33.7. The molecule has 0 bridgehead atoms. The first-order chi connectivity index (χ1) is 21.4. The average Bonchev–Trinajstić information content (AvgIpc) is 2.91. The fourth-order valence-corrected chi connectivity index (χ4v) is 4.90. The Balaban J connectivity index is 1.20. The molecule has 5 rings (SSSR count). The van der Waals surface area contributed by atoms with Gasteiger partial charge >= 0.3 is 35.8 Å². The molecule has 2 spiro atoms. The zero-order valence-corrected chi connectivity index (χ0v) is 24.9. The van der Waals surface area contributed by atoms with Crippen molar-refractivity contribution in [2.24, 2.45) is 0 Å². The van der Waals surface area contributed by atoms with Crippen LogP contribution in [-0.4, -0.2) is 69.2 Å². The minimum atomic E-state index is -1.72. The van der Waals surface area contributed by atoms with E-state index < -0.39 is 82.0 Å². The summed E-state index contributed by atoms with van der Waals surface area (Å²) in [6.07, 6.45) is 5.69. The predicted molar refractivity (Wildman–Crippen MR) is 145 cm³/mol. The molecule has 5 aliphatic rings. The summed E-state index contributed by atoms with van der Waals surface area (Å²) < 4.78 is 41.9. The van der Waals surface area contributed by atoms with Crippen LogP contribution < -0.4 is 0 Å². The Kier molecular flexibility index (Phi) is 7.70. The molecule has 16 nitrogen and oxygen atoms in total. The molecule has 0 radical (unpaired) electrons. The number of hydrogen-bond donors (Lipinski definition) is 2. The number of ether oxygens (including phenoxy) is 8. The van der Waals surface area contributed by atoms with Gasteiger partial charge in [0, 0.05) is 53.4 Å². The van der Waals surface area contributed by atoms with Crippen LogP contribution in [-0.2, 0) is 66.7 Å². The summed E-state index contributed by atoms with van der Waals surface area (Å²) in [4.78, 5) is 75.1. The molecule has 3 fully saturated rings. The molecule has 16 heteroatoms. The van der Waals surface area contributed by atoms with Gasteiger partial charge in [-0.2, -0.15) is 0 Å². The van der Waals surface area contributed by atoms with E-state index in [2.05, 4.69) is 0 Å². The molecule has 2 saturated heterocycles. The van der Waals surface area contributed by atoms with E-state index in [1.807, 2.05) is 0 Å². The highest BCUT2D eigenvalue weighted by Crippen LogP contribution is 2.45. The molecule has 46 heavy (non-hydrogen) atoms. The molecule has 1 aliphatic carbocycles. The van der Waals surface area contributed by atoms with Crippen LogP contribution in [0.5, 0.6) is 0 Å². The van der Waals surface area contributed by atoms with Gasteiger partial charge in [-0.1, -0.05) is 12.2 Å². The molecule has 0 aromatic carbocycles. The maximum atomic E-state index is 12.7. The SMILES string of the molecule is CC1(C)OC(=O)C(/C=C/C=C2C(=O)OC3(CCC4(CC3)OC(=O)C(=C/C=C/C3=C(O)OC(C)(C)OC3=O)C(=O)O4)OC2=O)=C(O)O1. The maximum absolute atomic E-state index is 12.7. The van der Waals surface area contributed by atoms with Crippen molar-refractivity contribution in [1.82, 2.24) is 0 Å². The second-order valence-corrected chi connectivity index (χ2v) is 11.5. The third-order valence-electron chi connectivity index (χ3n) is 7.08. The van der Waals surface area contributed by atoms with Gasteiger partial charge in [0.25, 0.3) is 35.0 Å². The number of carbonyl (C=O) groups excluding carboxylic acids is 6. The van der Waals surface area contributed by atoms with Crippen LogP contribution in [0.3, 0.4) is 0 Å². The topological polar surface area (TPSA) is 217 Å². The second-order valence-electron chi connectivity index (χ2n) is 11.5. The highest BCUT2D eigenvalue weighted by atomic mass is 16.8. The van der Waals surface area contributed by atoms with Gasteiger partial charge in [-0.05, 0) is 24.3 Å². The third kappa shape index (κ3) is 6.31. The van der Waals surface area contributed by atoms with E-state index in [-0.39, 0.29) is 36.8 Å². The van der Waals surface area contributed by atoms with Crippen molar-refractivity contribution in [3.8, 4) is 0 Å². The first-order valence-corrected chi connectivity index (χ1v) is 13.8. The number of aliphatic hydroxyl groups excluding tert-OH is 2. The van der Waals surface area contributed by atoms with Crippen molar-refractivity contribution < 1.29 is 76.9 Å². The maximum Gasteiger partial charge on any atom is 0.348 e. The molecule has 4 heterocycles. The van der Waals surface area contributed by atoms with E-state index in [4.69, 9.17) is 37.9 Å². The highest BCUT2D eigenvalue weighted by Gasteiger charge is 2.56. The van der Waals surface area contributed by atoms with Crippen LogP contribution in [0.4, 0.5) is 0 Å². The lowest BCUT2D eigenvalue weighted by Gasteiger charge is -2.45. The van der Waals surface area contributed by atoms with Gasteiger partial charge in [0.1, 0.15) is 22.3 Å². The van der Waals surface area contributed by atoms with Crippen molar-refractivity contribution in [2.75, 3.05) is 0 Å². The highest BCUT2D eigenvalue weighted by molar-refractivity contribution is 6.16. The van der Waals surface area contributed by atoms with Gasteiger partial charge < -0.3 is 48.1 Å². The Morgan fingerprint density at radius 2 is 0.783 bits per heavy atom. The summed E-state index contributed by atoms with van der Waals surface area (Å²) in [5, 5.41) is 19.9. The van der Waals surface area contributed by atoms with Crippen molar-refractivity contribution in [1.29, 1.82) is 0 Å². The van der Waals surface area contributed by atoms with Crippen LogP contribution >= 0.6 is 0 Å². The number of hydrogen-bond acceptors (Lipinski definition) is 16. The normalized spacial score (nSPS) is 29.1. The minimum Gasteiger partial charge on any atom is -0.480 e. The molecule has 0 amide bonds. The number of rotatable bonds is 4. The molecule has 0 atom stereocenters. The Morgan fingerprint density at radius 3 is 1.07 bits per heavy atom. The molecule has 0 unspecified atom stereocenters. The van der Waals surface area contributed by atoms with Crippen molar-refractivity contribution >= 4 is 35.8 Å². The van der Waals surface area contributed by atoms with Gasteiger partial charge in [0.2, 0.25) is 0 Å². The van der Waals surface area contributed by atoms with E-state index in [9.17, 15) is 39.0 Å². The van der Waals surface area contributed by atoms with Gasteiger partial charge in [0.05, 0.1) is 0 Å². The van der Waals surface area contributed by atoms with Crippen molar-refractivity contribution in [2.45, 2.75) is 76.5 Å². The minimum absolute atomic E-state index is 0.182. The number of carbonyl (C=O) groups is 6. The van der Waals surface area contributed by atoms with Gasteiger partial charge in [0.15, 0.2) is 0 Å². The fraction of sp³-hybridized carbons (Fsp3) is 0.400. The Bertz CT molecular complexity index is 1460. The number of esters is 6. The fourth-order valence-electron chi connectivity index (χ4n) is 4.90. The Morgan fingerprint density at radius 1 is 0.478 bits per heavy atom. The smallest absolute Gasteiger partial charge is 0.348 e. The summed E-state index contributed by atoms with van der Waals surface area (Å²) in [6.45, 7) is 5.66. The van der Waals surface area contributed by atoms with Crippen LogP contribution in [0.25, 0.3) is 0 Å². The molecule has 0 aromatic heterocycles. The van der Waals surface area contributed by atoms with E-state index in [0.29, 0.717) is 0 Å². The van der Waals surface area contributed by atoms with Crippen LogP contribution in [0.2, 0.25) is 0 Å². The molecule has 0 aromatic rings. The largest absolute Gasteiger partial charge is 0.480 e. The molecule has 1 saturated carbocycles. The van der Waals surface area contributed by atoms with Gasteiger partial charge in [-0.15, -0.1) is 0 Å². The molecule has 2 N–H and O–H groups in total. The molecular formula is C30H28O16. The zero-order valence-electron chi connectivity index (χ0n) is 24.9. The van der Waals surface area contributed by atoms with Crippen LogP contribution in [0.1, 0.15) is 53.4 Å². The standard InChI is InChI=1S/C30H28O16/c1-27(2)39-19(31)15(20(32)40-27)7-5-9-17-23(35)43-29(44-24(17)36)11-13-30(14-12-29)45-25(37)18(26(38)46-30)10-6-8-16-21(33)41-28(3,4)42-22(16)34/h5-10,31,33H,11-14H2,1-4H3/b7-5+,8-6+,17-9?,18-10?. The third-order valence-corrected chi connectivity index (χ3v) is 7.08. The van der Waals surface area contributed by atoms with E-state index in [0.717, 1.165) is 36.5 Å². The van der Waals surface area contributed by atoms with E-state index in [1.54, 1.807) is 0 Å². The number of cyclic esters (lactones) is 2. The lowest BCUT2D eigenvalue weighted by atomic mass is 9.87. The summed E-state index contributed by atoms with van der Waals surface area (Å²) >= 11 is 0. The summed E-state index contributed by atoms with van der Waals surface area (Å²) in [6, 6.07) is 0. The molecule has 4 aliphatic heterocycles. The quantitative estimate of drug-likeness (QED) is 0.194. The van der Waals surface area contributed by atoms with Gasteiger partial charge in [-0.3, -0.25) is 0 Å². The van der Waals surface area contributed by atoms with Crippen LogP contribution in [0.15, 0.2) is 70.6 Å². The monoisotopic (exact) mass is 644 g/mol. The summed E-state index contributed by atoms with van der Waals surface area (Å²) in [5.74, 6) is -13.5. The summed E-state index contributed by atoms with van der Waals surface area (Å²) in [7, 11) is 0. The summed E-state index contributed by atoms with van der Waals surface area (Å²) in [5.41, 5.74) is -1.71. The Hall–Kier alpha value is -5.54. The lowest BCUT2D eigenvalue weighted by molar-refractivity contribution is -0.291. The predicted octanol–water partition coefficient (Wildman–Crippen LogP) is 2.28. The van der Waals surface area contributed by atoms with Crippen LogP contribution in [0, 0.1) is 0 Å². The van der Waals surface area contributed by atoms with Gasteiger partial charge in [-0.25, -0.2) is 28.8 Å². The number of allylic oxidation sites excluding steroid dienone is 4. The average molecular weight is 645 g/mol. The lowest BCUT2D eigenvalue weighted by Crippen LogP contribution is -2.56. The van der Waals surface area contributed by atoms with Crippen molar-refractivity contribution in [3.05, 3.63) is 70.6 Å². The van der Waals surface area contributed by atoms with E-state index >= 15 is 0 Å². The molecular weight excluding hydrogens is 616 g/mol. The number of aliphatic hydroxyl groups is 2.